The highest BCUT2D eigenvalue weighted by Crippen LogP contribution is 2.28. The smallest absolute Gasteiger partial charge is 0.228 e. The van der Waals surface area contributed by atoms with Crippen molar-refractivity contribution in [2.75, 3.05) is 53.4 Å². The van der Waals surface area contributed by atoms with E-state index in [0.717, 1.165) is 26.1 Å². The summed E-state index contributed by atoms with van der Waals surface area (Å²) in [7, 11) is 4.00. The van der Waals surface area contributed by atoms with Crippen LogP contribution in [0, 0.1) is 5.92 Å². The van der Waals surface area contributed by atoms with E-state index >= 15 is 0 Å². The molecule has 2 unspecified atom stereocenters. The Hall–Kier alpha value is -1.92. The number of hydrogen-bond acceptors (Lipinski definition) is 4. The number of carbonyl (C=O) groups is 2. The normalized spacial score (nSPS) is 23.3. The maximum atomic E-state index is 13.2. The van der Waals surface area contributed by atoms with E-state index in [1.165, 1.54) is 11.1 Å². The molecule has 0 radical (unpaired) electrons. The van der Waals surface area contributed by atoms with Crippen LogP contribution in [0.1, 0.15) is 30.5 Å². The molecule has 27 heavy (non-hydrogen) atoms. The summed E-state index contributed by atoms with van der Waals surface area (Å²) < 4.78 is 0. The molecular formula is C21H32N4O2. The molecule has 0 aromatic heterocycles. The monoisotopic (exact) mass is 372 g/mol. The molecule has 1 N–H and O–H groups in total. The highest BCUT2D eigenvalue weighted by Gasteiger charge is 2.39. The number of aryl methyl sites for hydroxylation is 1. The van der Waals surface area contributed by atoms with Crippen LogP contribution < -0.4 is 5.32 Å². The third kappa shape index (κ3) is 4.68. The summed E-state index contributed by atoms with van der Waals surface area (Å²) in [4.78, 5) is 31.5. The number of carbonyl (C=O) groups excluding carboxylic acids is 2. The van der Waals surface area contributed by atoms with Gasteiger partial charge in [-0.3, -0.25) is 9.59 Å². The second kappa shape index (κ2) is 8.85. The maximum Gasteiger partial charge on any atom is 0.228 e. The maximum absolute atomic E-state index is 13.2. The van der Waals surface area contributed by atoms with Gasteiger partial charge in [-0.2, -0.15) is 0 Å². The van der Waals surface area contributed by atoms with Gasteiger partial charge in [0, 0.05) is 45.7 Å². The van der Waals surface area contributed by atoms with Gasteiger partial charge in [0.1, 0.15) is 0 Å². The number of likely N-dealkylation sites (N-methyl/N-ethyl adjacent to an activating group) is 1. The van der Waals surface area contributed by atoms with Crippen LogP contribution in [0.25, 0.3) is 0 Å². The van der Waals surface area contributed by atoms with E-state index in [9.17, 15) is 9.59 Å². The van der Waals surface area contributed by atoms with Gasteiger partial charge in [-0.15, -0.1) is 0 Å². The summed E-state index contributed by atoms with van der Waals surface area (Å²) in [5.74, 6) is 0.0196. The van der Waals surface area contributed by atoms with Gasteiger partial charge in [0.2, 0.25) is 11.8 Å². The topological polar surface area (TPSA) is 55.9 Å². The van der Waals surface area contributed by atoms with Crippen LogP contribution in [0.3, 0.4) is 0 Å². The number of rotatable bonds is 6. The molecule has 2 saturated heterocycles. The molecule has 148 valence electrons. The summed E-state index contributed by atoms with van der Waals surface area (Å²) in [6, 6.07) is 8.62. The molecule has 2 heterocycles. The van der Waals surface area contributed by atoms with Gasteiger partial charge in [0.15, 0.2) is 0 Å². The largest absolute Gasteiger partial charge is 0.341 e. The summed E-state index contributed by atoms with van der Waals surface area (Å²) >= 11 is 0. The number of likely N-dealkylation sites (tertiary alicyclic amines) is 1. The van der Waals surface area contributed by atoms with E-state index in [0.29, 0.717) is 26.1 Å². The second-order valence-electron chi connectivity index (χ2n) is 7.89. The molecule has 1 aromatic carbocycles. The first-order valence-electron chi connectivity index (χ1n) is 10.0. The molecule has 2 aliphatic rings. The Balaban J connectivity index is 1.69. The minimum Gasteiger partial charge on any atom is -0.341 e. The lowest BCUT2D eigenvalue weighted by atomic mass is 9.98. The molecule has 0 bridgehead atoms. The van der Waals surface area contributed by atoms with Crippen molar-refractivity contribution in [3.8, 4) is 0 Å². The van der Waals surface area contributed by atoms with Crippen LogP contribution in [-0.2, 0) is 16.0 Å². The summed E-state index contributed by atoms with van der Waals surface area (Å²) in [5, 5.41) is 3.41. The zero-order chi connectivity index (χ0) is 19.4. The van der Waals surface area contributed by atoms with Crippen LogP contribution in [0.15, 0.2) is 24.3 Å². The first-order chi connectivity index (χ1) is 13.0. The second-order valence-corrected chi connectivity index (χ2v) is 7.89. The van der Waals surface area contributed by atoms with E-state index < -0.39 is 0 Å². The fourth-order valence-electron chi connectivity index (χ4n) is 3.95. The highest BCUT2D eigenvalue weighted by atomic mass is 16.2. The van der Waals surface area contributed by atoms with Crippen LogP contribution in [0.5, 0.6) is 0 Å². The van der Waals surface area contributed by atoms with Crippen molar-refractivity contribution < 1.29 is 9.59 Å². The lowest BCUT2D eigenvalue weighted by molar-refractivity contribution is -0.139. The fourth-order valence-corrected chi connectivity index (χ4v) is 3.95. The van der Waals surface area contributed by atoms with Crippen molar-refractivity contribution in [3.63, 3.8) is 0 Å². The van der Waals surface area contributed by atoms with Gasteiger partial charge in [0.05, 0.1) is 12.0 Å². The van der Waals surface area contributed by atoms with Crippen molar-refractivity contribution in [1.82, 2.24) is 20.0 Å². The summed E-state index contributed by atoms with van der Waals surface area (Å²) in [6.45, 7) is 6.48. The fraction of sp³-hybridized carbons (Fsp3) is 0.619. The predicted octanol–water partition coefficient (Wildman–Crippen LogP) is 1.13. The van der Waals surface area contributed by atoms with Crippen LogP contribution >= 0.6 is 0 Å². The van der Waals surface area contributed by atoms with Crippen molar-refractivity contribution in [2.24, 2.45) is 5.92 Å². The first-order valence-corrected chi connectivity index (χ1v) is 10.0. The number of hydrogen-bond donors (Lipinski definition) is 1. The van der Waals surface area contributed by atoms with Crippen LogP contribution in [0.4, 0.5) is 0 Å². The van der Waals surface area contributed by atoms with Crippen molar-refractivity contribution >= 4 is 11.8 Å². The quantitative estimate of drug-likeness (QED) is 0.813. The SMILES string of the molecule is CCc1ccc(C2CNCCN2C(=O)C2CC(=O)N(CCN(C)C)C2)cc1. The van der Waals surface area contributed by atoms with Crippen molar-refractivity contribution in [1.29, 1.82) is 0 Å². The Morgan fingerprint density at radius 2 is 2.00 bits per heavy atom. The van der Waals surface area contributed by atoms with E-state index in [2.05, 4.69) is 41.4 Å². The Morgan fingerprint density at radius 1 is 1.26 bits per heavy atom. The van der Waals surface area contributed by atoms with Gasteiger partial charge >= 0.3 is 0 Å². The molecule has 0 aliphatic carbocycles. The lowest BCUT2D eigenvalue weighted by Gasteiger charge is -2.38. The first kappa shape index (κ1) is 19.8. The minimum absolute atomic E-state index is 0.0445. The molecular weight excluding hydrogens is 340 g/mol. The standard InChI is InChI=1S/C21H32N4O2/c1-4-16-5-7-17(8-6-16)19-14-22-9-10-25(19)21(27)18-13-20(26)24(15-18)12-11-23(2)3/h5-8,18-19,22H,4,9-15H2,1-3H3. The number of nitrogens with one attached hydrogen (secondary N) is 1. The van der Waals surface area contributed by atoms with Crippen molar-refractivity contribution in [2.45, 2.75) is 25.8 Å². The zero-order valence-electron chi connectivity index (χ0n) is 16.8. The van der Waals surface area contributed by atoms with Gasteiger partial charge in [-0.05, 0) is 31.6 Å². The molecule has 0 saturated carbocycles. The molecule has 6 nitrogen and oxygen atoms in total. The van der Waals surface area contributed by atoms with Crippen LogP contribution in [-0.4, -0.2) is 79.9 Å². The number of nitrogens with zero attached hydrogens (tertiary/aromatic N) is 3. The van der Waals surface area contributed by atoms with Crippen molar-refractivity contribution in [3.05, 3.63) is 35.4 Å². The molecule has 1 aromatic rings. The van der Waals surface area contributed by atoms with Gasteiger partial charge < -0.3 is 20.0 Å². The average Bonchev–Trinajstić information content (AvgIpc) is 3.06. The Bertz CT molecular complexity index is 659. The highest BCUT2D eigenvalue weighted by molar-refractivity contribution is 5.89. The average molecular weight is 373 g/mol. The Morgan fingerprint density at radius 3 is 2.67 bits per heavy atom. The van der Waals surface area contributed by atoms with Gasteiger partial charge in [0.25, 0.3) is 0 Å². The predicted molar refractivity (Wildman–Crippen MR) is 106 cm³/mol. The molecule has 0 spiro atoms. The van der Waals surface area contributed by atoms with Crippen LogP contribution in [0.2, 0.25) is 0 Å². The molecule has 2 amide bonds. The van der Waals surface area contributed by atoms with Gasteiger partial charge in [-0.1, -0.05) is 31.2 Å². The third-order valence-corrected chi connectivity index (χ3v) is 5.68. The zero-order valence-corrected chi connectivity index (χ0v) is 16.8. The van der Waals surface area contributed by atoms with E-state index in [-0.39, 0.29) is 23.8 Å². The van der Waals surface area contributed by atoms with E-state index in [1.807, 2.05) is 23.9 Å². The summed E-state index contributed by atoms with van der Waals surface area (Å²) in [6.07, 6.45) is 1.36. The van der Waals surface area contributed by atoms with E-state index in [4.69, 9.17) is 0 Å². The molecule has 2 atom stereocenters. The van der Waals surface area contributed by atoms with Gasteiger partial charge in [-0.25, -0.2) is 0 Å². The molecule has 2 aliphatic heterocycles. The summed E-state index contributed by atoms with van der Waals surface area (Å²) in [5.41, 5.74) is 2.47. The lowest BCUT2D eigenvalue weighted by Crippen LogP contribution is -2.50. The molecule has 2 fully saturated rings. The Kier molecular flexibility index (Phi) is 6.50. The third-order valence-electron chi connectivity index (χ3n) is 5.68. The number of benzene rings is 1. The molecule has 3 rings (SSSR count). The van der Waals surface area contributed by atoms with E-state index in [1.54, 1.807) is 0 Å². The number of amides is 2. The Labute approximate surface area is 162 Å². The molecule has 6 heteroatoms. The number of piperazine rings is 1. The minimum atomic E-state index is -0.213.